The zero-order chi connectivity index (χ0) is 23.5. The lowest BCUT2D eigenvalue weighted by molar-refractivity contribution is -0.385. The SMILES string of the molecule is C[C@@H]1CN(C(=O)COc2c([N+](=O)[O-])ccc3ccccc23)[C@@H](C)CN1Cc1ccc(F)cc1. The van der Waals surface area contributed by atoms with Gasteiger partial charge in [-0.3, -0.25) is 19.8 Å². The van der Waals surface area contributed by atoms with E-state index in [1.165, 1.54) is 18.2 Å². The number of piperazine rings is 1. The number of rotatable bonds is 6. The summed E-state index contributed by atoms with van der Waals surface area (Å²) in [6, 6.07) is 16.8. The fourth-order valence-corrected chi connectivity index (χ4v) is 4.33. The molecule has 7 nitrogen and oxygen atoms in total. The van der Waals surface area contributed by atoms with Crippen LogP contribution in [0.2, 0.25) is 0 Å². The van der Waals surface area contributed by atoms with E-state index >= 15 is 0 Å². The smallest absolute Gasteiger partial charge is 0.311 e. The number of halogens is 1. The van der Waals surface area contributed by atoms with Gasteiger partial charge in [0, 0.05) is 43.2 Å². The van der Waals surface area contributed by atoms with Crippen molar-refractivity contribution in [3.05, 3.63) is 82.2 Å². The molecule has 1 fully saturated rings. The molecular weight excluding hydrogens is 425 g/mol. The Balaban J connectivity index is 1.44. The maximum atomic E-state index is 13.2. The van der Waals surface area contributed by atoms with Crippen molar-refractivity contribution in [3.63, 3.8) is 0 Å². The second-order valence-corrected chi connectivity index (χ2v) is 8.48. The minimum absolute atomic E-state index is 0.0553. The molecule has 8 heteroatoms. The molecule has 1 saturated heterocycles. The van der Waals surface area contributed by atoms with Crippen LogP contribution in [-0.2, 0) is 11.3 Å². The van der Waals surface area contributed by atoms with E-state index in [-0.39, 0.29) is 41.9 Å². The molecule has 0 N–H and O–H groups in total. The van der Waals surface area contributed by atoms with Gasteiger partial charge in [-0.15, -0.1) is 0 Å². The lowest BCUT2D eigenvalue weighted by atomic mass is 10.1. The molecular formula is C25H26FN3O4. The third-order valence-electron chi connectivity index (χ3n) is 6.13. The van der Waals surface area contributed by atoms with Crippen LogP contribution in [0, 0.1) is 15.9 Å². The zero-order valence-electron chi connectivity index (χ0n) is 18.6. The number of nitro benzene ring substituents is 1. The molecule has 0 saturated carbocycles. The number of carbonyl (C=O) groups excluding carboxylic acids is 1. The van der Waals surface area contributed by atoms with Crippen molar-refractivity contribution in [3.8, 4) is 5.75 Å². The van der Waals surface area contributed by atoms with Gasteiger partial charge in [-0.25, -0.2) is 4.39 Å². The Morgan fingerprint density at radius 2 is 1.79 bits per heavy atom. The Bertz CT molecular complexity index is 1170. The Hall–Kier alpha value is -3.52. The highest BCUT2D eigenvalue weighted by Crippen LogP contribution is 2.35. The van der Waals surface area contributed by atoms with Gasteiger partial charge in [0.1, 0.15) is 5.82 Å². The molecule has 3 aromatic carbocycles. The molecule has 0 radical (unpaired) electrons. The van der Waals surface area contributed by atoms with E-state index in [9.17, 15) is 19.3 Å². The number of fused-ring (bicyclic) bond motifs is 1. The fraction of sp³-hybridized carbons (Fsp3) is 0.320. The highest BCUT2D eigenvalue weighted by Gasteiger charge is 2.32. The Morgan fingerprint density at radius 1 is 1.06 bits per heavy atom. The van der Waals surface area contributed by atoms with Gasteiger partial charge in [0.2, 0.25) is 5.75 Å². The molecule has 1 aliphatic rings. The van der Waals surface area contributed by atoms with E-state index in [1.807, 2.05) is 26.0 Å². The average molecular weight is 451 g/mol. The van der Waals surface area contributed by atoms with Crippen LogP contribution in [0.25, 0.3) is 10.8 Å². The van der Waals surface area contributed by atoms with Gasteiger partial charge in [-0.05, 0) is 43.0 Å². The number of hydrogen-bond acceptors (Lipinski definition) is 5. The van der Waals surface area contributed by atoms with Crippen LogP contribution in [-0.4, -0.2) is 52.4 Å². The van der Waals surface area contributed by atoms with Gasteiger partial charge in [-0.2, -0.15) is 0 Å². The predicted molar refractivity (Wildman–Crippen MR) is 124 cm³/mol. The van der Waals surface area contributed by atoms with Crippen LogP contribution in [0.4, 0.5) is 10.1 Å². The summed E-state index contributed by atoms with van der Waals surface area (Å²) in [5, 5.41) is 12.9. The first-order chi connectivity index (χ1) is 15.8. The predicted octanol–water partition coefficient (Wildman–Crippen LogP) is 4.39. The van der Waals surface area contributed by atoms with Crippen LogP contribution in [0.5, 0.6) is 5.75 Å². The summed E-state index contributed by atoms with van der Waals surface area (Å²) < 4.78 is 18.9. The van der Waals surface area contributed by atoms with E-state index in [4.69, 9.17) is 4.74 Å². The zero-order valence-corrected chi connectivity index (χ0v) is 18.6. The molecule has 1 heterocycles. The van der Waals surface area contributed by atoms with Crippen LogP contribution in [0.3, 0.4) is 0 Å². The molecule has 0 aliphatic carbocycles. The lowest BCUT2D eigenvalue weighted by Gasteiger charge is -2.44. The maximum Gasteiger partial charge on any atom is 0.311 e. The summed E-state index contributed by atoms with van der Waals surface area (Å²) in [6.07, 6.45) is 0. The molecule has 3 aromatic rings. The highest BCUT2D eigenvalue weighted by atomic mass is 19.1. The molecule has 0 aromatic heterocycles. The van der Waals surface area contributed by atoms with Gasteiger partial charge >= 0.3 is 5.69 Å². The normalized spacial score (nSPS) is 18.9. The van der Waals surface area contributed by atoms with Crippen molar-refractivity contribution in [2.75, 3.05) is 19.7 Å². The van der Waals surface area contributed by atoms with E-state index in [1.54, 1.807) is 35.2 Å². The van der Waals surface area contributed by atoms with Crippen molar-refractivity contribution in [2.45, 2.75) is 32.5 Å². The largest absolute Gasteiger partial charge is 0.476 e. The van der Waals surface area contributed by atoms with Crippen LogP contribution >= 0.6 is 0 Å². The molecule has 0 unspecified atom stereocenters. The average Bonchev–Trinajstić information content (AvgIpc) is 2.80. The number of amides is 1. The first-order valence-electron chi connectivity index (χ1n) is 10.9. The second-order valence-electron chi connectivity index (χ2n) is 8.48. The van der Waals surface area contributed by atoms with Gasteiger partial charge in [0.15, 0.2) is 6.61 Å². The monoisotopic (exact) mass is 451 g/mol. The van der Waals surface area contributed by atoms with Gasteiger partial charge in [0.05, 0.1) is 4.92 Å². The van der Waals surface area contributed by atoms with Crippen LogP contribution in [0.1, 0.15) is 19.4 Å². The first kappa shape index (κ1) is 22.7. The summed E-state index contributed by atoms with van der Waals surface area (Å²) in [4.78, 5) is 28.1. The number of benzene rings is 3. The van der Waals surface area contributed by atoms with Crippen LogP contribution in [0.15, 0.2) is 60.7 Å². The van der Waals surface area contributed by atoms with E-state index in [2.05, 4.69) is 4.90 Å². The molecule has 33 heavy (non-hydrogen) atoms. The number of ether oxygens (including phenoxy) is 1. The van der Waals surface area contributed by atoms with Gasteiger partial charge in [0.25, 0.3) is 5.91 Å². The Kier molecular flexibility index (Phi) is 6.55. The molecule has 2 atom stereocenters. The minimum Gasteiger partial charge on any atom is -0.476 e. The van der Waals surface area contributed by atoms with Gasteiger partial charge in [-0.1, -0.05) is 36.4 Å². The maximum absolute atomic E-state index is 13.2. The summed E-state index contributed by atoms with van der Waals surface area (Å²) in [6.45, 7) is 5.60. The van der Waals surface area contributed by atoms with Gasteiger partial charge < -0.3 is 9.64 Å². The Morgan fingerprint density at radius 3 is 2.52 bits per heavy atom. The molecule has 4 rings (SSSR count). The fourth-order valence-electron chi connectivity index (χ4n) is 4.33. The summed E-state index contributed by atoms with van der Waals surface area (Å²) >= 11 is 0. The first-order valence-corrected chi connectivity index (χ1v) is 10.9. The third-order valence-corrected chi connectivity index (χ3v) is 6.13. The van der Waals surface area contributed by atoms with Crippen molar-refractivity contribution in [2.24, 2.45) is 0 Å². The standard InChI is InChI=1S/C25H26FN3O4/c1-17-14-28(18(2)13-27(17)15-19-7-10-21(26)11-8-19)24(30)16-33-25-22-6-4-3-5-20(22)9-12-23(25)29(31)32/h3-12,17-18H,13-16H2,1-2H3/t17-,18+/m1/s1. The van der Waals surface area contributed by atoms with E-state index in [0.29, 0.717) is 25.0 Å². The molecule has 172 valence electrons. The topological polar surface area (TPSA) is 75.9 Å². The quantitative estimate of drug-likeness (QED) is 0.411. The number of carbonyl (C=O) groups is 1. The number of nitrogens with zero attached hydrogens (tertiary/aromatic N) is 3. The number of hydrogen-bond donors (Lipinski definition) is 0. The van der Waals surface area contributed by atoms with Crippen molar-refractivity contribution >= 4 is 22.4 Å². The summed E-state index contributed by atoms with van der Waals surface area (Å²) in [5.41, 5.74) is 0.855. The molecule has 1 amide bonds. The molecule has 0 spiro atoms. The van der Waals surface area contributed by atoms with E-state index < -0.39 is 4.92 Å². The minimum atomic E-state index is -0.495. The third kappa shape index (κ3) is 4.96. The number of nitro groups is 1. The highest BCUT2D eigenvalue weighted by molar-refractivity contribution is 5.92. The van der Waals surface area contributed by atoms with Crippen molar-refractivity contribution < 1.29 is 18.8 Å². The summed E-state index contributed by atoms with van der Waals surface area (Å²) in [5.74, 6) is -0.359. The lowest BCUT2D eigenvalue weighted by Crippen LogP contribution is -2.58. The van der Waals surface area contributed by atoms with Crippen LogP contribution < -0.4 is 4.74 Å². The second kappa shape index (κ2) is 9.54. The molecule has 0 bridgehead atoms. The van der Waals surface area contributed by atoms with E-state index in [0.717, 1.165) is 10.9 Å². The summed E-state index contributed by atoms with van der Waals surface area (Å²) in [7, 11) is 0. The van der Waals surface area contributed by atoms with Crippen molar-refractivity contribution in [1.82, 2.24) is 9.80 Å². The Labute approximate surface area is 191 Å². The molecule has 1 aliphatic heterocycles. The van der Waals surface area contributed by atoms with Crippen molar-refractivity contribution in [1.29, 1.82) is 0 Å².